The second-order valence-electron chi connectivity index (χ2n) is 6.44. The van der Waals surface area contributed by atoms with Crippen molar-refractivity contribution in [2.45, 2.75) is 10.6 Å². The van der Waals surface area contributed by atoms with Gasteiger partial charge in [0, 0.05) is 24.5 Å². The topological polar surface area (TPSA) is 84.9 Å². The van der Waals surface area contributed by atoms with Crippen molar-refractivity contribution >= 4 is 33.4 Å². The first-order valence-corrected chi connectivity index (χ1v) is 11.8. The summed E-state index contributed by atoms with van der Waals surface area (Å²) in [6.07, 6.45) is 0. The largest absolute Gasteiger partial charge is 0.497 e. The quantitative estimate of drug-likeness (QED) is 0.685. The van der Waals surface area contributed by atoms with Crippen molar-refractivity contribution in [1.29, 1.82) is 0 Å². The highest BCUT2D eigenvalue weighted by Crippen LogP contribution is 2.21. The van der Waals surface area contributed by atoms with E-state index in [1.165, 1.54) is 28.2 Å². The number of morpholine rings is 1. The van der Waals surface area contributed by atoms with Crippen LogP contribution in [0.5, 0.6) is 5.75 Å². The first-order chi connectivity index (χ1) is 14.0. The summed E-state index contributed by atoms with van der Waals surface area (Å²) < 4.78 is 37.3. The molecule has 29 heavy (non-hydrogen) atoms. The van der Waals surface area contributed by atoms with Gasteiger partial charge in [-0.3, -0.25) is 4.79 Å². The van der Waals surface area contributed by atoms with E-state index in [1.807, 2.05) is 24.3 Å². The Balaban J connectivity index is 1.56. The number of methoxy groups -OCH3 is 1. The molecule has 1 aliphatic heterocycles. The lowest BCUT2D eigenvalue weighted by atomic mass is 10.2. The third kappa shape index (κ3) is 5.96. The first kappa shape index (κ1) is 21.6. The molecule has 1 fully saturated rings. The number of ether oxygens (including phenoxy) is 2. The summed E-state index contributed by atoms with van der Waals surface area (Å²) in [6.45, 7) is 1.44. The number of carbonyl (C=O) groups is 1. The zero-order valence-electron chi connectivity index (χ0n) is 16.2. The van der Waals surface area contributed by atoms with Gasteiger partial charge in [0.05, 0.1) is 31.0 Å². The van der Waals surface area contributed by atoms with Gasteiger partial charge in [0.1, 0.15) is 5.75 Å². The van der Waals surface area contributed by atoms with Crippen LogP contribution in [0.15, 0.2) is 53.4 Å². The predicted octanol–water partition coefficient (Wildman–Crippen LogP) is 2.59. The summed E-state index contributed by atoms with van der Waals surface area (Å²) in [4.78, 5) is 12.4. The number of amides is 1. The SMILES string of the molecule is COc1cccc(CSCC(=O)Nc2cccc(S(=O)(=O)N3CCOCC3)c2)c1. The molecule has 0 spiro atoms. The summed E-state index contributed by atoms with van der Waals surface area (Å²) in [5.41, 5.74) is 1.53. The molecule has 3 rings (SSSR count). The van der Waals surface area contributed by atoms with E-state index in [1.54, 1.807) is 19.2 Å². The molecule has 0 saturated carbocycles. The van der Waals surface area contributed by atoms with Crippen LogP contribution in [0.4, 0.5) is 5.69 Å². The van der Waals surface area contributed by atoms with Crippen molar-refractivity contribution in [3.8, 4) is 5.75 Å². The smallest absolute Gasteiger partial charge is 0.243 e. The summed E-state index contributed by atoms with van der Waals surface area (Å²) in [5, 5.41) is 2.77. The van der Waals surface area contributed by atoms with Crippen LogP contribution in [0.1, 0.15) is 5.56 Å². The minimum atomic E-state index is -3.59. The molecule has 7 nitrogen and oxygen atoms in total. The van der Waals surface area contributed by atoms with Crippen LogP contribution >= 0.6 is 11.8 Å². The van der Waals surface area contributed by atoms with E-state index in [2.05, 4.69) is 5.32 Å². The van der Waals surface area contributed by atoms with Gasteiger partial charge in [-0.2, -0.15) is 4.31 Å². The standard InChI is InChI=1S/C20H24N2O5S2/c1-26-18-6-2-4-16(12-18)14-28-15-20(23)21-17-5-3-7-19(13-17)29(24,25)22-8-10-27-11-9-22/h2-7,12-13H,8-11,14-15H2,1H3,(H,21,23). The minimum Gasteiger partial charge on any atom is -0.497 e. The van der Waals surface area contributed by atoms with E-state index in [9.17, 15) is 13.2 Å². The Kier molecular flexibility index (Phi) is 7.54. The molecule has 1 aliphatic rings. The molecule has 1 heterocycles. The summed E-state index contributed by atoms with van der Waals surface area (Å²) in [6, 6.07) is 14.1. The van der Waals surface area contributed by atoms with Gasteiger partial charge in [-0.15, -0.1) is 11.8 Å². The van der Waals surface area contributed by atoms with E-state index in [0.717, 1.165) is 11.3 Å². The van der Waals surface area contributed by atoms with Gasteiger partial charge in [-0.25, -0.2) is 8.42 Å². The number of anilines is 1. The maximum Gasteiger partial charge on any atom is 0.243 e. The monoisotopic (exact) mass is 436 g/mol. The Bertz CT molecular complexity index is 943. The highest BCUT2D eigenvalue weighted by molar-refractivity contribution is 7.99. The highest BCUT2D eigenvalue weighted by atomic mass is 32.2. The number of rotatable bonds is 8. The maximum absolute atomic E-state index is 12.7. The van der Waals surface area contributed by atoms with Crippen molar-refractivity contribution in [2.24, 2.45) is 0 Å². The Morgan fingerprint density at radius 3 is 2.69 bits per heavy atom. The van der Waals surface area contributed by atoms with Gasteiger partial charge in [0.25, 0.3) is 0 Å². The lowest BCUT2D eigenvalue weighted by molar-refractivity contribution is -0.113. The van der Waals surface area contributed by atoms with Crippen LogP contribution in [-0.2, 0) is 25.3 Å². The van der Waals surface area contributed by atoms with Gasteiger partial charge in [0.2, 0.25) is 15.9 Å². The normalized spacial score (nSPS) is 15.1. The van der Waals surface area contributed by atoms with Crippen LogP contribution in [0, 0.1) is 0 Å². The first-order valence-electron chi connectivity index (χ1n) is 9.17. The molecule has 0 unspecified atom stereocenters. The van der Waals surface area contributed by atoms with Crippen LogP contribution < -0.4 is 10.1 Å². The second kappa shape index (κ2) is 10.1. The Labute approximate surface area is 175 Å². The number of hydrogen-bond donors (Lipinski definition) is 1. The summed E-state index contributed by atoms with van der Waals surface area (Å²) >= 11 is 1.48. The summed E-state index contributed by atoms with van der Waals surface area (Å²) in [7, 11) is -1.98. The van der Waals surface area contributed by atoms with Crippen molar-refractivity contribution in [3.05, 3.63) is 54.1 Å². The summed E-state index contributed by atoms with van der Waals surface area (Å²) in [5.74, 6) is 1.54. The lowest BCUT2D eigenvalue weighted by Gasteiger charge is -2.26. The fourth-order valence-electron chi connectivity index (χ4n) is 2.89. The fourth-order valence-corrected chi connectivity index (χ4v) is 5.12. The van der Waals surface area contributed by atoms with Crippen LogP contribution in [0.2, 0.25) is 0 Å². The Morgan fingerprint density at radius 1 is 1.17 bits per heavy atom. The zero-order valence-corrected chi connectivity index (χ0v) is 17.8. The van der Waals surface area contributed by atoms with Crippen LogP contribution in [-0.4, -0.2) is 57.8 Å². The molecule has 1 saturated heterocycles. The van der Waals surface area contributed by atoms with Crippen molar-refractivity contribution in [2.75, 3.05) is 44.5 Å². The van der Waals surface area contributed by atoms with Crippen molar-refractivity contribution in [1.82, 2.24) is 4.31 Å². The molecular formula is C20H24N2O5S2. The van der Waals surface area contributed by atoms with E-state index >= 15 is 0 Å². The van der Waals surface area contributed by atoms with E-state index in [0.29, 0.717) is 37.7 Å². The number of thioether (sulfide) groups is 1. The third-order valence-corrected chi connectivity index (χ3v) is 7.26. The van der Waals surface area contributed by atoms with E-state index in [4.69, 9.17) is 9.47 Å². The second-order valence-corrected chi connectivity index (χ2v) is 9.36. The Morgan fingerprint density at radius 2 is 1.93 bits per heavy atom. The Hall–Kier alpha value is -2.07. The molecule has 1 N–H and O–H groups in total. The molecule has 2 aromatic rings. The molecule has 0 atom stereocenters. The molecule has 2 aromatic carbocycles. The molecule has 1 amide bonds. The predicted molar refractivity (Wildman–Crippen MR) is 114 cm³/mol. The number of nitrogens with zero attached hydrogens (tertiary/aromatic N) is 1. The average molecular weight is 437 g/mol. The molecule has 0 aromatic heterocycles. The molecular weight excluding hydrogens is 412 g/mol. The minimum absolute atomic E-state index is 0.168. The number of benzene rings is 2. The maximum atomic E-state index is 12.7. The number of nitrogens with one attached hydrogen (secondary N) is 1. The lowest BCUT2D eigenvalue weighted by Crippen LogP contribution is -2.40. The fraction of sp³-hybridized carbons (Fsp3) is 0.350. The average Bonchev–Trinajstić information content (AvgIpc) is 2.74. The molecule has 9 heteroatoms. The highest BCUT2D eigenvalue weighted by Gasteiger charge is 2.26. The van der Waals surface area contributed by atoms with Crippen LogP contribution in [0.3, 0.4) is 0 Å². The number of sulfonamides is 1. The number of carbonyl (C=O) groups excluding carboxylic acids is 1. The van der Waals surface area contributed by atoms with Crippen LogP contribution in [0.25, 0.3) is 0 Å². The molecule has 156 valence electrons. The molecule has 0 radical (unpaired) electrons. The zero-order chi connectivity index (χ0) is 20.7. The van der Waals surface area contributed by atoms with E-state index in [-0.39, 0.29) is 16.6 Å². The van der Waals surface area contributed by atoms with Gasteiger partial charge >= 0.3 is 0 Å². The number of hydrogen-bond acceptors (Lipinski definition) is 6. The van der Waals surface area contributed by atoms with Crippen molar-refractivity contribution in [3.63, 3.8) is 0 Å². The van der Waals surface area contributed by atoms with Crippen molar-refractivity contribution < 1.29 is 22.7 Å². The third-order valence-electron chi connectivity index (χ3n) is 4.36. The molecule has 0 bridgehead atoms. The van der Waals surface area contributed by atoms with Gasteiger partial charge in [-0.1, -0.05) is 18.2 Å². The van der Waals surface area contributed by atoms with Gasteiger partial charge < -0.3 is 14.8 Å². The van der Waals surface area contributed by atoms with Gasteiger partial charge in [-0.05, 0) is 35.9 Å². The van der Waals surface area contributed by atoms with E-state index < -0.39 is 10.0 Å². The molecule has 0 aliphatic carbocycles. The van der Waals surface area contributed by atoms with Gasteiger partial charge in [0.15, 0.2) is 0 Å².